The molecule has 2 heteroatoms. The van der Waals surface area contributed by atoms with Crippen LogP contribution in [0.25, 0.3) is 0 Å². The number of allylic oxidation sites excluding steroid dienone is 2. The lowest BCUT2D eigenvalue weighted by Crippen LogP contribution is -2.51. The van der Waals surface area contributed by atoms with E-state index in [0.717, 1.165) is 5.57 Å². The van der Waals surface area contributed by atoms with Crippen molar-refractivity contribution >= 4 is 0 Å². The number of rotatable bonds is 0. The van der Waals surface area contributed by atoms with E-state index in [1.807, 2.05) is 26.8 Å². The highest BCUT2D eigenvalue weighted by Crippen LogP contribution is 2.40. The Morgan fingerprint density at radius 3 is 1.94 bits per heavy atom. The second kappa shape index (κ2) is 3.71. The third-order valence-corrected chi connectivity index (χ3v) is 3.37. The maximum Gasteiger partial charge on any atom is 0.117 e. The van der Waals surface area contributed by atoms with Crippen molar-refractivity contribution in [3.05, 3.63) is 23.8 Å². The Labute approximate surface area is 98.7 Å². The maximum absolute atomic E-state index is 10.5. The molecule has 92 valence electrons. The van der Waals surface area contributed by atoms with Crippen LogP contribution in [-0.2, 0) is 0 Å². The number of hydrogen-bond acceptors (Lipinski definition) is 2. The summed E-state index contributed by atoms with van der Waals surface area (Å²) in [6.45, 7) is 12.1. The van der Waals surface area contributed by atoms with E-state index in [1.165, 1.54) is 0 Å². The monoisotopic (exact) mass is 224 g/mol. The molecule has 2 nitrogen and oxygen atoms in total. The molecule has 1 rings (SSSR count). The van der Waals surface area contributed by atoms with E-state index in [1.54, 1.807) is 12.2 Å². The Bertz CT molecular complexity index is 326. The summed E-state index contributed by atoms with van der Waals surface area (Å²) < 4.78 is 0. The Morgan fingerprint density at radius 1 is 1.12 bits per heavy atom. The van der Waals surface area contributed by atoms with Gasteiger partial charge in [0.2, 0.25) is 0 Å². The van der Waals surface area contributed by atoms with Crippen LogP contribution in [0, 0.1) is 10.8 Å². The minimum Gasteiger partial charge on any atom is -0.386 e. The molecular weight excluding hydrogens is 200 g/mol. The van der Waals surface area contributed by atoms with Gasteiger partial charge in [0, 0.05) is 0 Å². The van der Waals surface area contributed by atoms with Gasteiger partial charge in [-0.1, -0.05) is 47.6 Å². The molecule has 2 atom stereocenters. The summed E-state index contributed by atoms with van der Waals surface area (Å²) in [6, 6.07) is 0. The van der Waals surface area contributed by atoms with E-state index >= 15 is 0 Å². The third-order valence-electron chi connectivity index (χ3n) is 3.37. The highest BCUT2D eigenvalue weighted by molar-refractivity contribution is 5.36. The van der Waals surface area contributed by atoms with Crippen molar-refractivity contribution in [1.82, 2.24) is 0 Å². The van der Waals surface area contributed by atoms with Crippen molar-refractivity contribution in [2.45, 2.75) is 53.2 Å². The van der Waals surface area contributed by atoms with Gasteiger partial charge in [0.15, 0.2) is 0 Å². The summed E-state index contributed by atoms with van der Waals surface area (Å²) in [6.07, 6.45) is 4.59. The fourth-order valence-electron chi connectivity index (χ4n) is 1.86. The summed E-state index contributed by atoms with van der Waals surface area (Å²) in [5.41, 5.74) is -0.504. The first-order valence-electron chi connectivity index (χ1n) is 5.80. The summed E-state index contributed by atoms with van der Waals surface area (Å²) in [5.74, 6) is 0. The van der Waals surface area contributed by atoms with Gasteiger partial charge in [0.05, 0.1) is 0 Å². The Hall–Kier alpha value is -0.600. The minimum atomic E-state index is -1.18. The van der Waals surface area contributed by atoms with E-state index in [2.05, 4.69) is 20.8 Å². The lowest BCUT2D eigenvalue weighted by molar-refractivity contribution is -0.0889. The van der Waals surface area contributed by atoms with Gasteiger partial charge >= 0.3 is 0 Å². The molecule has 1 aliphatic rings. The van der Waals surface area contributed by atoms with Crippen molar-refractivity contribution in [2.75, 3.05) is 0 Å². The molecule has 0 amide bonds. The molecule has 0 spiro atoms. The molecular formula is C14H24O2. The second-order valence-electron chi connectivity index (χ2n) is 6.73. The highest BCUT2D eigenvalue weighted by atomic mass is 16.3. The third kappa shape index (κ3) is 2.23. The molecule has 0 saturated carbocycles. The predicted octanol–water partition coefficient (Wildman–Crippen LogP) is 2.67. The van der Waals surface area contributed by atoms with Crippen LogP contribution in [0.15, 0.2) is 23.8 Å². The maximum atomic E-state index is 10.5. The molecule has 0 aromatic rings. The minimum absolute atomic E-state index is 0.00328. The molecule has 0 bridgehead atoms. The fraction of sp³-hybridized carbons (Fsp3) is 0.714. The molecule has 0 aromatic heterocycles. The van der Waals surface area contributed by atoms with E-state index in [0.29, 0.717) is 0 Å². The van der Waals surface area contributed by atoms with Crippen LogP contribution in [0.1, 0.15) is 41.5 Å². The molecule has 0 radical (unpaired) electrons. The first kappa shape index (κ1) is 13.5. The number of aliphatic hydroxyl groups excluding tert-OH is 1. The highest BCUT2D eigenvalue weighted by Gasteiger charge is 2.45. The smallest absolute Gasteiger partial charge is 0.117 e. The average molecular weight is 224 g/mol. The van der Waals surface area contributed by atoms with Crippen molar-refractivity contribution in [1.29, 1.82) is 0 Å². The van der Waals surface area contributed by atoms with E-state index in [9.17, 15) is 10.2 Å². The van der Waals surface area contributed by atoms with Crippen molar-refractivity contribution in [3.63, 3.8) is 0 Å². The predicted molar refractivity (Wildman–Crippen MR) is 67.1 cm³/mol. The summed E-state index contributed by atoms with van der Waals surface area (Å²) in [5, 5.41) is 20.6. The van der Waals surface area contributed by atoms with Gasteiger partial charge in [-0.25, -0.2) is 0 Å². The number of hydrogen-bond donors (Lipinski definition) is 2. The molecule has 0 fully saturated rings. The lowest BCUT2D eigenvalue weighted by Gasteiger charge is -2.43. The molecule has 0 saturated heterocycles. The topological polar surface area (TPSA) is 40.5 Å². The van der Waals surface area contributed by atoms with Crippen LogP contribution < -0.4 is 0 Å². The van der Waals surface area contributed by atoms with Gasteiger partial charge < -0.3 is 10.2 Å². The van der Waals surface area contributed by atoms with Gasteiger partial charge in [-0.15, -0.1) is 0 Å². The molecule has 16 heavy (non-hydrogen) atoms. The zero-order chi connectivity index (χ0) is 12.8. The van der Waals surface area contributed by atoms with E-state index in [-0.39, 0.29) is 10.8 Å². The first-order chi connectivity index (χ1) is 6.98. The van der Waals surface area contributed by atoms with Crippen LogP contribution >= 0.6 is 0 Å². The molecule has 0 heterocycles. The van der Waals surface area contributed by atoms with E-state index < -0.39 is 11.7 Å². The van der Waals surface area contributed by atoms with Gasteiger partial charge in [-0.2, -0.15) is 0 Å². The van der Waals surface area contributed by atoms with Crippen molar-refractivity contribution in [2.24, 2.45) is 10.8 Å². The summed E-state index contributed by atoms with van der Waals surface area (Å²) in [7, 11) is 0. The molecule has 0 aliphatic heterocycles. The Balaban J connectivity index is 3.07. The van der Waals surface area contributed by atoms with Crippen molar-refractivity contribution in [3.8, 4) is 0 Å². The van der Waals surface area contributed by atoms with Crippen LogP contribution in [0.5, 0.6) is 0 Å². The fourth-order valence-corrected chi connectivity index (χ4v) is 1.86. The SMILES string of the molecule is CC(C)(C)C1=CC(O)C(O)(C(C)(C)C)C=C1. The van der Waals surface area contributed by atoms with Crippen LogP contribution in [0.2, 0.25) is 0 Å². The van der Waals surface area contributed by atoms with Crippen LogP contribution in [-0.4, -0.2) is 21.9 Å². The van der Waals surface area contributed by atoms with Gasteiger partial charge in [0.25, 0.3) is 0 Å². The molecule has 2 N–H and O–H groups in total. The lowest BCUT2D eigenvalue weighted by atomic mass is 9.68. The first-order valence-corrected chi connectivity index (χ1v) is 5.80. The second-order valence-corrected chi connectivity index (χ2v) is 6.73. The average Bonchev–Trinajstić information content (AvgIpc) is 2.05. The normalized spacial score (nSPS) is 31.5. The Morgan fingerprint density at radius 2 is 1.62 bits per heavy atom. The number of aliphatic hydroxyl groups is 2. The van der Waals surface area contributed by atoms with Crippen LogP contribution in [0.3, 0.4) is 0 Å². The largest absolute Gasteiger partial charge is 0.386 e. The molecule has 1 aliphatic carbocycles. The molecule has 0 aromatic carbocycles. The summed E-state index contributed by atoms with van der Waals surface area (Å²) >= 11 is 0. The molecule has 2 unspecified atom stereocenters. The van der Waals surface area contributed by atoms with Gasteiger partial charge in [-0.05, 0) is 28.6 Å². The Kier molecular flexibility index (Phi) is 3.12. The zero-order valence-electron chi connectivity index (χ0n) is 11.2. The summed E-state index contributed by atoms with van der Waals surface area (Å²) in [4.78, 5) is 0. The standard InChI is InChI=1S/C14H24O2/c1-12(2,3)10-7-8-14(16,11(15)9-10)13(4,5)6/h7-9,11,15-16H,1-6H3. The van der Waals surface area contributed by atoms with Crippen LogP contribution in [0.4, 0.5) is 0 Å². The van der Waals surface area contributed by atoms with Gasteiger partial charge in [0.1, 0.15) is 11.7 Å². The van der Waals surface area contributed by atoms with E-state index in [4.69, 9.17) is 0 Å². The van der Waals surface area contributed by atoms with Gasteiger partial charge in [-0.3, -0.25) is 0 Å². The van der Waals surface area contributed by atoms with Crippen molar-refractivity contribution < 1.29 is 10.2 Å². The quantitative estimate of drug-likeness (QED) is 0.664. The zero-order valence-corrected chi connectivity index (χ0v) is 11.2.